The number of aliphatic hydroxyl groups is 1. The molecule has 0 bridgehead atoms. The van der Waals surface area contributed by atoms with Crippen molar-refractivity contribution in [3.63, 3.8) is 0 Å². The van der Waals surface area contributed by atoms with Crippen molar-refractivity contribution in [2.75, 3.05) is 6.54 Å². The Bertz CT molecular complexity index is 307. The number of hydrogen-bond donors (Lipinski definition) is 2. The van der Waals surface area contributed by atoms with E-state index in [0.29, 0.717) is 13.0 Å². The van der Waals surface area contributed by atoms with Crippen LogP contribution < -0.4 is 5.73 Å². The lowest BCUT2D eigenvalue weighted by atomic mass is 10.1. The average Bonchev–Trinajstić information content (AvgIpc) is 2.41. The van der Waals surface area contributed by atoms with Crippen molar-refractivity contribution in [1.29, 1.82) is 0 Å². The summed E-state index contributed by atoms with van der Waals surface area (Å²) < 4.78 is 1.91. The number of nitrogens with two attached hydrogens (primary N) is 1. The molecule has 0 fully saturated rings. The third-order valence-electron chi connectivity index (χ3n) is 2.51. The van der Waals surface area contributed by atoms with Crippen molar-refractivity contribution in [3.05, 3.63) is 17.0 Å². The Morgan fingerprint density at radius 2 is 2.14 bits per heavy atom. The van der Waals surface area contributed by atoms with Gasteiger partial charge in [0.2, 0.25) is 0 Å². The second-order valence-corrected chi connectivity index (χ2v) is 3.49. The summed E-state index contributed by atoms with van der Waals surface area (Å²) in [7, 11) is 0. The predicted molar refractivity (Wildman–Crippen MR) is 56.0 cm³/mol. The molecule has 0 spiro atoms. The highest BCUT2D eigenvalue weighted by Crippen LogP contribution is 2.23. The van der Waals surface area contributed by atoms with Crippen LogP contribution in [-0.4, -0.2) is 21.4 Å². The predicted octanol–water partition coefficient (Wildman–Crippen LogP) is 0.902. The third kappa shape index (κ3) is 1.96. The molecule has 0 radical (unpaired) electrons. The van der Waals surface area contributed by atoms with Gasteiger partial charge in [0.25, 0.3) is 0 Å². The van der Waals surface area contributed by atoms with Crippen molar-refractivity contribution < 1.29 is 5.11 Å². The molecular formula is C10H19N3O. The van der Waals surface area contributed by atoms with Gasteiger partial charge in [0.05, 0.1) is 11.8 Å². The number of hydrogen-bond acceptors (Lipinski definition) is 3. The van der Waals surface area contributed by atoms with E-state index < -0.39 is 6.10 Å². The first-order chi connectivity index (χ1) is 6.61. The van der Waals surface area contributed by atoms with Gasteiger partial charge in [0.15, 0.2) is 0 Å². The summed E-state index contributed by atoms with van der Waals surface area (Å²) in [5.74, 6) is 0. The SMILES string of the molecule is CCn1nc(C)c([C@H](O)CCN)c1C. The molecular weight excluding hydrogens is 178 g/mol. The molecule has 4 heteroatoms. The molecule has 0 aliphatic carbocycles. The van der Waals surface area contributed by atoms with Crippen molar-refractivity contribution in [1.82, 2.24) is 9.78 Å². The lowest BCUT2D eigenvalue weighted by molar-refractivity contribution is 0.169. The van der Waals surface area contributed by atoms with Gasteiger partial charge in [0, 0.05) is 17.8 Å². The first kappa shape index (κ1) is 11.2. The molecule has 1 aromatic rings. The van der Waals surface area contributed by atoms with Crippen LogP contribution in [0.3, 0.4) is 0 Å². The molecule has 4 nitrogen and oxygen atoms in total. The Morgan fingerprint density at radius 3 is 2.57 bits per heavy atom. The summed E-state index contributed by atoms with van der Waals surface area (Å²) in [4.78, 5) is 0. The van der Waals surface area contributed by atoms with Gasteiger partial charge < -0.3 is 10.8 Å². The number of nitrogens with zero attached hydrogens (tertiary/aromatic N) is 2. The molecule has 1 atom stereocenters. The normalized spacial score (nSPS) is 13.2. The second-order valence-electron chi connectivity index (χ2n) is 3.49. The van der Waals surface area contributed by atoms with E-state index in [1.165, 1.54) is 0 Å². The molecule has 0 unspecified atom stereocenters. The van der Waals surface area contributed by atoms with Crippen LogP contribution in [0.5, 0.6) is 0 Å². The van der Waals surface area contributed by atoms with Gasteiger partial charge in [-0.1, -0.05) is 0 Å². The van der Waals surface area contributed by atoms with E-state index in [1.807, 2.05) is 25.5 Å². The van der Waals surface area contributed by atoms with Crippen LogP contribution >= 0.6 is 0 Å². The van der Waals surface area contributed by atoms with Gasteiger partial charge in [-0.3, -0.25) is 4.68 Å². The molecule has 3 N–H and O–H groups in total. The van der Waals surface area contributed by atoms with Gasteiger partial charge in [0.1, 0.15) is 0 Å². The zero-order chi connectivity index (χ0) is 10.7. The van der Waals surface area contributed by atoms with E-state index in [-0.39, 0.29) is 0 Å². The molecule has 80 valence electrons. The van der Waals surface area contributed by atoms with E-state index >= 15 is 0 Å². The summed E-state index contributed by atoms with van der Waals surface area (Å²) >= 11 is 0. The van der Waals surface area contributed by atoms with Crippen LogP contribution in [0.25, 0.3) is 0 Å². The van der Waals surface area contributed by atoms with Crippen molar-refractivity contribution in [2.24, 2.45) is 5.73 Å². The summed E-state index contributed by atoms with van der Waals surface area (Å²) in [5.41, 5.74) is 8.32. The van der Waals surface area contributed by atoms with Crippen molar-refractivity contribution in [3.8, 4) is 0 Å². The first-order valence-corrected chi connectivity index (χ1v) is 5.03. The number of aryl methyl sites for hydroxylation is 2. The quantitative estimate of drug-likeness (QED) is 0.753. The molecule has 0 saturated carbocycles. The molecule has 1 aromatic heterocycles. The van der Waals surface area contributed by atoms with Gasteiger partial charge in [-0.2, -0.15) is 5.10 Å². The summed E-state index contributed by atoms with van der Waals surface area (Å²) in [6, 6.07) is 0. The molecule has 0 aromatic carbocycles. The van der Waals surface area contributed by atoms with Gasteiger partial charge >= 0.3 is 0 Å². The number of aliphatic hydroxyl groups excluding tert-OH is 1. The smallest absolute Gasteiger partial charge is 0.0837 e. The Labute approximate surface area is 84.7 Å². The highest BCUT2D eigenvalue weighted by Gasteiger charge is 2.17. The van der Waals surface area contributed by atoms with Gasteiger partial charge in [-0.25, -0.2) is 0 Å². The third-order valence-corrected chi connectivity index (χ3v) is 2.51. The monoisotopic (exact) mass is 197 g/mol. The highest BCUT2D eigenvalue weighted by molar-refractivity contribution is 5.26. The van der Waals surface area contributed by atoms with Crippen LogP contribution in [0, 0.1) is 13.8 Å². The lowest BCUT2D eigenvalue weighted by Gasteiger charge is -2.09. The van der Waals surface area contributed by atoms with E-state index in [1.54, 1.807) is 0 Å². The van der Waals surface area contributed by atoms with Crippen LogP contribution in [0.1, 0.15) is 36.4 Å². The Kier molecular flexibility index (Phi) is 3.66. The number of aromatic nitrogens is 2. The Hall–Kier alpha value is -0.870. The van der Waals surface area contributed by atoms with Crippen molar-refractivity contribution in [2.45, 2.75) is 39.8 Å². The van der Waals surface area contributed by atoms with Gasteiger partial charge in [-0.05, 0) is 33.7 Å². The van der Waals surface area contributed by atoms with E-state index in [9.17, 15) is 5.11 Å². The van der Waals surface area contributed by atoms with E-state index in [0.717, 1.165) is 23.5 Å². The minimum atomic E-state index is -0.472. The minimum absolute atomic E-state index is 0.472. The minimum Gasteiger partial charge on any atom is -0.388 e. The molecule has 1 heterocycles. The van der Waals surface area contributed by atoms with Crippen LogP contribution in [0.15, 0.2) is 0 Å². The highest BCUT2D eigenvalue weighted by atomic mass is 16.3. The summed E-state index contributed by atoms with van der Waals surface area (Å²) in [5, 5.41) is 14.2. The molecule has 0 saturated heterocycles. The number of rotatable bonds is 4. The van der Waals surface area contributed by atoms with Crippen LogP contribution in [-0.2, 0) is 6.54 Å². The fourth-order valence-corrected chi connectivity index (χ4v) is 1.80. The zero-order valence-corrected chi connectivity index (χ0v) is 9.12. The standard InChI is InChI=1S/C10H19N3O/c1-4-13-8(3)10(7(2)12-13)9(14)5-6-11/h9,14H,4-6,11H2,1-3H3/t9-/m1/s1. The second kappa shape index (κ2) is 4.57. The summed E-state index contributed by atoms with van der Waals surface area (Å²) in [6.07, 6.45) is 0.122. The zero-order valence-electron chi connectivity index (χ0n) is 9.12. The largest absolute Gasteiger partial charge is 0.388 e. The Balaban J connectivity index is 3.01. The lowest BCUT2D eigenvalue weighted by Crippen LogP contribution is -2.08. The molecule has 1 rings (SSSR count). The van der Waals surface area contributed by atoms with Crippen LogP contribution in [0.2, 0.25) is 0 Å². The maximum absolute atomic E-state index is 9.86. The fourth-order valence-electron chi connectivity index (χ4n) is 1.80. The molecule has 0 amide bonds. The maximum atomic E-state index is 9.86. The maximum Gasteiger partial charge on any atom is 0.0837 e. The van der Waals surface area contributed by atoms with E-state index in [4.69, 9.17) is 5.73 Å². The fraction of sp³-hybridized carbons (Fsp3) is 0.700. The van der Waals surface area contributed by atoms with Gasteiger partial charge in [-0.15, -0.1) is 0 Å². The van der Waals surface area contributed by atoms with Crippen molar-refractivity contribution >= 4 is 0 Å². The molecule has 14 heavy (non-hydrogen) atoms. The van der Waals surface area contributed by atoms with Crippen LogP contribution in [0.4, 0.5) is 0 Å². The van der Waals surface area contributed by atoms with E-state index in [2.05, 4.69) is 5.10 Å². The molecule has 0 aliphatic rings. The topological polar surface area (TPSA) is 64.1 Å². The first-order valence-electron chi connectivity index (χ1n) is 5.03. The summed E-state index contributed by atoms with van der Waals surface area (Å²) in [6.45, 7) is 7.28. The average molecular weight is 197 g/mol. The Morgan fingerprint density at radius 1 is 1.50 bits per heavy atom. The molecule has 0 aliphatic heterocycles.